The molecule has 4 nitrogen and oxygen atoms in total. The highest BCUT2D eigenvalue weighted by atomic mass is 32.2. The Hall–Kier alpha value is -1.49. The number of nitrogens with zero attached hydrogens (tertiary/aromatic N) is 1. The second kappa shape index (κ2) is 4.35. The highest BCUT2D eigenvalue weighted by Crippen LogP contribution is 2.24. The number of carbonyl (C=O) groups excluding carboxylic acids is 1. The predicted molar refractivity (Wildman–Crippen MR) is 61.9 cm³/mol. The first-order valence-corrected chi connectivity index (χ1v) is 5.71. The van der Waals surface area contributed by atoms with Crippen molar-refractivity contribution in [2.45, 2.75) is 5.75 Å². The van der Waals surface area contributed by atoms with E-state index in [2.05, 4.69) is 16.6 Å². The molecule has 0 atom stereocenters. The van der Waals surface area contributed by atoms with Gasteiger partial charge in [-0.05, 0) is 5.56 Å². The molecule has 0 aliphatic carbocycles. The molecule has 5 heteroatoms. The van der Waals surface area contributed by atoms with Crippen molar-refractivity contribution >= 4 is 23.5 Å². The van der Waals surface area contributed by atoms with Crippen LogP contribution in [-0.4, -0.2) is 17.5 Å². The number of thioether (sulfide) groups is 1. The second-order valence-corrected chi connectivity index (χ2v) is 4.17. The van der Waals surface area contributed by atoms with Crippen LogP contribution >= 0.6 is 11.8 Å². The van der Waals surface area contributed by atoms with Crippen molar-refractivity contribution in [2.24, 2.45) is 10.8 Å². The highest BCUT2D eigenvalue weighted by Gasteiger charge is 2.14. The largest absolute Gasteiger partial charge is 0.350 e. The molecule has 1 aliphatic rings. The summed E-state index contributed by atoms with van der Waals surface area (Å²) in [5.41, 5.74) is 10.5. The molecular weight excluding hydrogens is 210 g/mol. The number of nitrogens with two attached hydrogens (primary N) is 1. The number of hydrogen-bond acceptors (Lipinski definition) is 3. The zero-order valence-corrected chi connectivity index (χ0v) is 8.88. The lowest BCUT2D eigenvalue weighted by Gasteiger charge is -2.16. The fourth-order valence-corrected chi connectivity index (χ4v) is 2.47. The molecule has 0 saturated heterocycles. The van der Waals surface area contributed by atoms with Crippen molar-refractivity contribution < 1.29 is 4.79 Å². The molecule has 78 valence electrons. The van der Waals surface area contributed by atoms with Gasteiger partial charge in [0.2, 0.25) is 0 Å². The summed E-state index contributed by atoms with van der Waals surface area (Å²) < 4.78 is 0. The van der Waals surface area contributed by atoms with E-state index in [1.807, 2.05) is 18.2 Å². The summed E-state index contributed by atoms with van der Waals surface area (Å²) in [5, 5.41) is 4.00. The van der Waals surface area contributed by atoms with Gasteiger partial charge in [-0.15, -0.1) is 0 Å². The maximum Gasteiger partial charge on any atom is 0.332 e. The Balaban J connectivity index is 2.29. The topological polar surface area (TPSA) is 67.5 Å². The molecule has 1 aliphatic heterocycles. The number of primary amides is 1. The van der Waals surface area contributed by atoms with Crippen LogP contribution in [-0.2, 0) is 5.75 Å². The molecule has 3 N–H and O–H groups in total. The van der Waals surface area contributed by atoms with E-state index in [4.69, 9.17) is 5.73 Å². The van der Waals surface area contributed by atoms with E-state index in [0.29, 0.717) is 0 Å². The lowest BCUT2D eigenvalue weighted by molar-refractivity contribution is 0.249. The van der Waals surface area contributed by atoms with E-state index in [0.717, 1.165) is 22.8 Å². The SMILES string of the molecule is NC(=O)N/N=C1\CSCc2ccccc21. The van der Waals surface area contributed by atoms with Crippen LogP contribution in [0.3, 0.4) is 0 Å². The molecule has 0 bridgehead atoms. The minimum Gasteiger partial charge on any atom is -0.350 e. The lowest BCUT2D eigenvalue weighted by Crippen LogP contribution is -2.27. The third-order valence-corrected chi connectivity index (χ3v) is 3.12. The Kier molecular flexibility index (Phi) is 2.91. The minimum absolute atomic E-state index is 0.629. The van der Waals surface area contributed by atoms with Crippen LogP contribution in [0.15, 0.2) is 29.4 Å². The average Bonchev–Trinajstić information content (AvgIpc) is 2.26. The normalized spacial score (nSPS) is 17.2. The number of fused-ring (bicyclic) bond motifs is 1. The lowest BCUT2D eigenvalue weighted by atomic mass is 10.1. The molecule has 0 aromatic heterocycles. The quantitative estimate of drug-likeness (QED) is 0.702. The van der Waals surface area contributed by atoms with Crippen LogP contribution in [0.25, 0.3) is 0 Å². The van der Waals surface area contributed by atoms with Crippen molar-refractivity contribution in [1.29, 1.82) is 0 Å². The van der Waals surface area contributed by atoms with E-state index in [1.54, 1.807) is 11.8 Å². The standard InChI is InChI=1S/C10H11N3OS/c11-10(14)13-12-9-6-15-5-7-3-1-2-4-8(7)9/h1-4H,5-6H2,(H3,11,13,14)/b12-9+. The number of rotatable bonds is 1. The molecule has 0 unspecified atom stereocenters. The first kappa shape index (κ1) is 10.0. The zero-order valence-electron chi connectivity index (χ0n) is 8.06. The van der Waals surface area contributed by atoms with E-state index in [1.165, 1.54) is 5.56 Å². The van der Waals surface area contributed by atoms with Gasteiger partial charge < -0.3 is 5.73 Å². The first-order valence-electron chi connectivity index (χ1n) is 4.55. The van der Waals surface area contributed by atoms with E-state index < -0.39 is 6.03 Å². The van der Waals surface area contributed by atoms with Gasteiger partial charge in [0, 0.05) is 17.1 Å². The van der Waals surface area contributed by atoms with E-state index in [9.17, 15) is 4.79 Å². The molecule has 0 radical (unpaired) electrons. The van der Waals surface area contributed by atoms with Crippen molar-refractivity contribution in [1.82, 2.24) is 5.43 Å². The molecular formula is C10H11N3OS. The summed E-state index contributed by atoms with van der Waals surface area (Å²) in [7, 11) is 0. The predicted octanol–water partition coefficient (Wildman–Crippen LogP) is 1.31. The van der Waals surface area contributed by atoms with Gasteiger partial charge in [0.05, 0.1) is 5.71 Å². The van der Waals surface area contributed by atoms with Crippen molar-refractivity contribution in [3.8, 4) is 0 Å². The maximum atomic E-state index is 10.6. The van der Waals surface area contributed by atoms with Gasteiger partial charge in [-0.2, -0.15) is 16.9 Å². The third kappa shape index (κ3) is 2.30. The van der Waals surface area contributed by atoms with Gasteiger partial charge in [-0.1, -0.05) is 24.3 Å². The number of hydrazone groups is 1. The molecule has 0 saturated carbocycles. The van der Waals surface area contributed by atoms with Gasteiger partial charge in [0.1, 0.15) is 0 Å². The number of nitrogens with one attached hydrogen (secondary N) is 1. The van der Waals surface area contributed by atoms with Crippen molar-refractivity contribution in [2.75, 3.05) is 5.75 Å². The molecule has 15 heavy (non-hydrogen) atoms. The molecule has 2 amide bonds. The summed E-state index contributed by atoms with van der Waals surface area (Å²) in [6.07, 6.45) is 0. The number of benzene rings is 1. The number of carbonyl (C=O) groups is 1. The smallest absolute Gasteiger partial charge is 0.332 e. The van der Waals surface area contributed by atoms with Crippen molar-refractivity contribution in [3.05, 3.63) is 35.4 Å². The summed E-state index contributed by atoms with van der Waals surface area (Å²) in [4.78, 5) is 10.6. The van der Waals surface area contributed by atoms with E-state index in [-0.39, 0.29) is 0 Å². The fourth-order valence-electron chi connectivity index (χ4n) is 1.48. The van der Waals surface area contributed by atoms with Gasteiger partial charge in [-0.25, -0.2) is 10.2 Å². The van der Waals surface area contributed by atoms with Gasteiger partial charge in [0.25, 0.3) is 0 Å². The molecule has 1 aromatic carbocycles. The Morgan fingerprint density at radius 3 is 3.00 bits per heavy atom. The van der Waals surface area contributed by atoms with Gasteiger partial charge in [-0.3, -0.25) is 0 Å². The fraction of sp³-hybridized carbons (Fsp3) is 0.200. The van der Waals surface area contributed by atoms with Crippen LogP contribution < -0.4 is 11.2 Å². The molecule has 0 spiro atoms. The maximum absolute atomic E-state index is 10.6. The highest BCUT2D eigenvalue weighted by molar-refractivity contribution is 7.99. The zero-order chi connectivity index (χ0) is 10.7. The van der Waals surface area contributed by atoms with Crippen LogP contribution in [0.2, 0.25) is 0 Å². The molecule has 2 rings (SSSR count). The second-order valence-electron chi connectivity index (χ2n) is 3.18. The minimum atomic E-state index is -0.629. The monoisotopic (exact) mass is 221 g/mol. The Bertz CT molecular complexity index is 417. The number of urea groups is 1. The Morgan fingerprint density at radius 2 is 2.20 bits per heavy atom. The van der Waals surface area contributed by atoms with Gasteiger partial charge >= 0.3 is 6.03 Å². The van der Waals surface area contributed by atoms with Crippen LogP contribution in [0.1, 0.15) is 11.1 Å². The van der Waals surface area contributed by atoms with E-state index >= 15 is 0 Å². The Morgan fingerprint density at radius 1 is 1.40 bits per heavy atom. The first-order chi connectivity index (χ1) is 7.27. The molecule has 0 fully saturated rings. The number of hydrogen-bond donors (Lipinski definition) is 2. The van der Waals surface area contributed by atoms with Crippen LogP contribution in [0.4, 0.5) is 4.79 Å². The third-order valence-electron chi connectivity index (χ3n) is 2.13. The summed E-state index contributed by atoms with van der Waals surface area (Å²) in [5.74, 6) is 1.79. The average molecular weight is 221 g/mol. The van der Waals surface area contributed by atoms with Crippen LogP contribution in [0, 0.1) is 0 Å². The van der Waals surface area contributed by atoms with Gasteiger partial charge in [0.15, 0.2) is 0 Å². The van der Waals surface area contributed by atoms with Crippen LogP contribution in [0.5, 0.6) is 0 Å². The summed E-state index contributed by atoms with van der Waals surface area (Å²) >= 11 is 1.77. The number of amides is 2. The molecule has 1 heterocycles. The Labute approximate surface area is 91.9 Å². The molecule has 1 aromatic rings. The summed E-state index contributed by atoms with van der Waals surface area (Å²) in [6.45, 7) is 0. The van der Waals surface area contributed by atoms with Crippen molar-refractivity contribution in [3.63, 3.8) is 0 Å². The summed E-state index contributed by atoms with van der Waals surface area (Å²) in [6, 6.07) is 7.42.